The average molecular weight is 199 g/mol. The fourth-order valence-electron chi connectivity index (χ4n) is 0.710. The standard InChI is InChI=1S/C8H11F4O/c1-2-13-6-4-3-5-8(11,12)7(9)10/h2H,1,3-6H2. The van der Waals surface area contributed by atoms with Crippen LogP contribution in [0.3, 0.4) is 0 Å². The molecule has 5 heteroatoms. The molecule has 0 aliphatic heterocycles. The SMILES string of the molecule is C=COCCCCC(F)(F)[C](F)F. The van der Waals surface area contributed by atoms with Gasteiger partial charge in [0.05, 0.1) is 12.9 Å². The van der Waals surface area contributed by atoms with Gasteiger partial charge in [0, 0.05) is 6.42 Å². The summed E-state index contributed by atoms with van der Waals surface area (Å²) in [5.74, 6) is -3.95. The van der Waals surface area contributed by atoms with Crippen LogP contribution >= 0.6 is 0 Å². The number of alkyl halides is 2. The van der Waals surface area contributed by atoms with Crippen molar-refractivity contribution in [1.82, 2.24) is 0 Å². The van der Waals surface area contributed by atoms with Gasteiger partial charge in [-0.15, -0.1) is 0 Å². The molecule has 77 valence electrons. The Kier molecular flexibility index (Phi) is 5.50. The highest BCUT2D eigenvalue weighted by atomic mass is 19.3. The molecule has 0 amide bonds. The van der Waals surface area contributed by atoms with E-state index in [0.29, 0.717) is 6.42 Å². The van der Waals surface area contributed by atoms with Crippen molar-refractivity contribution in [2.45, 2.75) is 25.2 Å². The Morgan fingerprint density at radius 2 is 1.92 bits per heavy atom. The Morgan fingerprint density at radius 1 is 1.31 bits per heavy atom. The monoisotopic (exact) mass is 199 g/mol. The van der Waals surface area contributed by atoms with E-state index < -0.39 is 18.8 Å². The van der Waals surface area contributed by atoms with Crippen molar-refractivity contribution in [1.29, 1.82) is 0 Å². The van der Waals surface area contributed by atoms with E-state index in [4.69, 9.17) is 0 Å². The van der Waals surface area contributed by atoms with Gasteiger partial charge in [-0.25, -0.2) is 0 Å². The van der Waals surface area contributed by atoms with Gasteiger partial charge in [-0.2, -0.15) is 17.6 Å². The van der Waals surface area contributed by atoms with Crippen LogP contribution in [0.5, 0.6) is 0 Å². The Labute approximate surface area is 74.4 Å². The molecule has 0 aromatic rings. The first-order valence-corrected chi connectivity index (χ1v) is 3.79. The van der Waals surface area contributed by atoms with E-state index in [0.717, 1.165) is 0 Å². The minimum Gasteiger partial charge on any atom is -0.502 e. The predicted molar refractivity (Wildman–Crippen MR) is 40.4 cm³/mol. The van der Waals surface area contributed by atoms with Gasteiger partial charge in [-0.05, 0) is 12.8 Å². The summed E-state index contributed by atoms with van der Waals surface area (Å²) in [4.78, 5) is 0. The van der Waals surface area contributed by atoms with Gasteiger partial charge in [0.2, 0.25) is 0 Å². The van der Waals surface area contributed by atoms with Crippen LogP contribution in [0.4, 0.5) is 17.6 Å². The van der Waals surface area contributed by atoms with Crippen LogP contribution in [-0.2, 0) is 4.74 Å². The first-order chi connectivity index (χ1) is 6.00. The molecule has 0 aliphatic rings. The number of hydrogen-bond donors (Lipinski definition) is 0. The Hall–Kier alpha value is -0.740. The van der Waals surface area contributed by atoms with E-state index in [1.807, 2.05) is 0 Å². The van der Waals surface area contributed by atoms with Crippen molar-refractivity contribution in [2.75, 3.05) is 6.61 Å². The summed E-state index contributed by atoms with van der Waals surface area (Å²) >= 11 is 0. The van der Waals surface area contributed by atoms with E-state index in [2.05, 4.69) is 11.3 Å². The first kappa shape index (κ1) is 12.3. The number of ether oxygens (including phenoxy) is 1. The average Bonchev–Trinajstić information content (AvgIpc) is 2.03. The first-order valence-electron chi connectivity index (χ1n) is 3.79. The highest BCUT2D eigenvalue weighted by molar-refractivity contribution is 4.82. The zero-order valence-corrected chi connectivity index (χ0v) is 7.03. The summed E-state index contributed by atoms with van der Waals surface area (Å²) in [6.07, 6.45) is -2.17. The van der Waals surface area contributed by atoms with Gasteiger partial charge in [0.1, 0.15) is 0 Å². The number of hydrogen-bond acceptors (Lipinski definition) is 1. The van der Waals surface area contributed by atoms with Gasteiger partial charge < -0.3 is 4.74 Å². The van der Waals surface area contributed by atoms with E-state index in [-0.39, 0.29) is 13.0 Å². The lowest BCUT2D eigenvalue weighted by molar-refractivity contribution is -0.0675. The summed E-state index contributed by atoms with van der Waals surface area (Å²) in [6, 6.07) is 0. The molecule has 0 fully saturated rings. The highest BCUT2D eigenvalue weighted by Crippen LogP contribution is 2.33. The van der Waals surface area contributed by atoms with E-state index >= 15 is 0 Å². The molecule has 0 aromatic heterocycles. The Balaban J connectivity index is 3.46. The number of unbranched alkanes of at least 4 members (excludes halogenated alkanes) is 1. The maximum absolute atomic E-state index is 12.2. The van der Waals surface area contributed by atoms with Crippen molar-refractivity contribution in [3.63, 3.8) is 0 Å². The van der Waals surface area contributed by atoms with Crippen LogP contribution in [0.2, 0.25) is 0 Å². The number of halogens is 4. The van der Waals surface area contributed by atoms with Crippen LogP contribution in [0.25, 0.3) is 0 Å². The largest absolute Gasteiger partial charge is 0.502 e. The Morgan fingerprint density at radius 3 is 2.38 bits per heavy atom. The van der Waals surface area contributed by atoms with Crippen molar-refractivity contribution < 1.29 is 22.3 Å². The quantitative estimate of drug-likeness (QED) is 0.347. The van der Waals surface area contributed by atoms with Crippen LogP contribution in [0, 0.1) is 6.43 Å². The fraction of sp³-hybridized carbons (Fsp3) is 0.625. The third kappa shape index (κ3) is 5.49. The molecular weight excluding hydrogens is 188 g/mol. The molecule has 0 aliphatic carbocycles. The molecule has 0 unspecified atom stereocenters. The van der Waals surface area contributed by atoms with E-state index in [1.54, 1.807) is 0 Å². The second kappa shape index (κ2) is 5.83. The molecule has 0 rings (SSSR count). The minimum atomic E-state index is -3.95. The molecule has 0 spiro atoms. The van der Waals surface area contributed by atoms with Crippen molar-refractivity contribution in [2.24, 2.45) is 0 Å². The fourth-order valence-corrected chi connectivity index (χ4v) is 0.710. The summed E-state index contributed by atoms with van der Waals surface area (Å²) in [5, 5.41) is 0. The van der Waals surface area contributed by atoms with Crippen molar-refractivity contribution in [3.8, 4) is 0 Å². The smallest absolute Gasteiger partial charge is 0.378 e. The third-order valence-electron chi connectivity index (χ3n) is 1.40. The summed E-state index contributed by atoms with van der Waals surface area (Å²) < 4.78 is 52.1. The van der Waals surface area contributed by atoms with E-state index in [1.165, 1.54) is 6.26 Å². The van der Waals surface area contributed by atoms with Crippen molar-refractivity contribution >= 4 is 0 Å². The third-order valence-corrected chi connectivity index (χ3v) is 1.40. The lowest BCUT2D eigenvalue weighted by Crippen LogP contribution is -2.20. The highest BCUT2D eigenvalue weighted by Gasteiger charge is 2.41. The van der Waals surface area contributed by atoms with Gasteiger partial charge in [-0.1, -0.05) is 6.58 Å². The zero-order valence-electron chi connectivity index (χ0n) is 7.03. The van der Waals surface area contributed by atoms with Gasteiger partial charge in [-0.3, -0.25) is 0 Å². The molecule has 1 nitrogen and oxygen atoms in total. The molecule has 0 saturated heterocycles. The molecule has 0 atom stereocenters. The van der Waals surface area contributed by atoms with Crippen LogP contribution in [0.15, 0.2) is 12.8 Å². The van der Waals surface area contributed by atoms with Gasteiger partial charge in [0.15, 0.2) is 0 Å². The second-order valence-corrected chi connectivity index (χ2v) is 2.46. The van der Waals surface area contributed by atoms with Gasteiger partial charge >= 0.3 is 12.3 Å². The lowest BCUT2D eigenvalue weighted by atomic mass is 10.1. The molecule has 0 saturated carbocycles. The summed E-state index contributed by atoms with van der Waals surface area (Å²) in [5.41, 5.74) is 0. The molecule has 0 N–H and O–H groups in total. The topological polar surface area (TPSA) is 9.23 Å². The van der Waals surface area contributed by atoms with Gasteiger partial charge in [0.25, 0.3) is 0 Å². The zero-order chi connectivity index (χ0) is 10.3. The molecule has 0 aromatic carbocycles. The molecule has 1 radical (unpaired) electrons. The molecular formula is C8H11F4O. The lowest BCUT2D eigenvalue weighted by Gasteiger charge is -2.12. The second-order valence-electron chi connectivity index (χ2n) is 2.46. The minimum absolute atomic E-state index is 0.00181. The molecule has 0 heterocycles. The maximum Gasteiger partial charge on any atom is 0.378 e. The molecule has 13 heavy (non-hydrogen) atoms. The van der Waals surface area contributed by atoms with Crippen LogP contribution in [-0.4, -0.2) is 12.5 Å². The van der Waals surface area contributed by atoms with Crippen LogP contribution < -0.4 is 0 Å². The summed E-state index contributed by atoms with van der Waals surface area (Å²) in [7, 11) is 0. The number of rotatable bonds is 7. The Bertz CT molecular complexity index is 147. The van der Waals surface area contributed by atoms with Crippen molar-refractivity contribution in [3.05, 3.63) is 19.3 Å². The maximum atomic E-state index is 12.2. The van der Waals surface area contributed by atoms with E-state index in [9.17, 15) is 17.6 Å². The molecule has 0 bridgehead atoms. The van der Waals surface area contributed by atoms with Crippen LogP contribution in [0.1, 0.15) is 19.3 Å². The summed E-state index contributed by atoms with van der Waals surface area (Å²) in [6.45, 7) is 3.47. The predicted octanol–water partition coefficient (Wildman–Crippen LogP) is 3.38. The normalized spacial score (nSPS) is 11.8.